The van der Waals surface area contributed by atoms with Crippen LogP contribution in [0.2, 0.25) is 0 Å². The van der Waals surface area contributed by atoms with Crippen molar-refractivity contribution in [2.75, 3.05) is 7.11 Å². The summed E-state index contributed by atoms with van der Waals surface area (Å²) in [5.74, 6) is 0.328. The lowest BCUT2D eigenvalue weighted by Gasteiger charge is -2.07. The van der Waals surface area contributed by atoms with Gasteiger partial charge in [-0.05, 0) is 57.4 Å². The van der Waals surface area contributed by atoms with E-state index in [1.165, 1.54) is 7.11 Å². The average Bonchev–Trinajstić information content (AvgIpc) is 2.55. The number of nitrogens with zero attached hydrogens (tertiary/aromatic N) is 2. The Morgan fingerprint density at radius 3 is 2.45 bits per heavy atom. The average molecular weight is 355 g/mol. The molecule has 0 radical (unpaired) electrons. The standard InChI is InChI=1S/C17H11BrN2O2/c1-22-16-8-12(7-15(18)17(16)21)6-14(10-20)13-4-2-11(9-19)3-5-13/h2-8,21H,1H3/b14-6-. The van der Waals surface area contributed by atoms with Crippen LogP contribution in [0.25, 0.3) is 11.6 Å². The number of hydrogen-bond acceptors (Lipinski definition) is 4. The molecule has 0 aromatic heterocycles. The zero-order chi connectivity index (χ0) is 16.1. The van der Waals surface area contributed by atoms with E-state index >= 15 is 0 Å². The molecule has 0 saturated heterocycles. The first-order chi connectivity index (χ1) is 10.6. The second-order valence-electron chi connectivity index (χ2n) is 4.41. The highest BCUT2D eigenvalue weighted by Gasteiger charge is 2.09. The fraction of sp³-hybridized carbons (Fsp3) is 0.0588. The molecule has 1 N–H and O–H groups in total. The van der Waals surface area contributed by atoms with Gasteiger partial charge in [0.1, 0.15) is 0 Å². The number of methoxy groups -OCH3 is 1. The molecule has 0 aliphatic rings. The lowest BCUT2D eigenvalue weighted by atomic mass is 10.0. The minimum absolute atomic E-state index is 0.0107. The number of allylic oxidation sites excluding steroid dienone is 1. The summed E-state index contributed by atoms with van der Waals surface area (Å²) in [7, 11) is 1.46. The molecule has 0 saturated carbocycles. The Bertz CT molecular complexity index is 812. The molecule has 0 fully saturated rings. The van der Waals surface area contributed by atoms with Crippen LogP contribution >= 0.6 is 15.9 Å². The highest BCUT2D eigenvalue weighted by molar-refractivity contribution is 9.10. The molecule has 0 aliphatic heterocycles. The summed E-state index contributed by atoms with van der Waals surface area (Å²) in [5.41, 5.74) is 2.41. The van der Waals surface area contributed by atoms with Gasteiger partial charge in [0.2, 0.25) is 0 Å². The van der Waals surface area contributed by atoms with Crippen LogP contribution < -0.4 is 4.74 Å². The van der Waals surface area contributed by atoms with Gasteiger partial charge in [0.05, 0.1) is 34.9 Å². The summed E-state index contributed by atoms with van der Waals surface area (Å²) in [5, 5.41) is 27.9. The molecule has 2 aromatic rings. The smallest absolute Gasteiger partial charge is 0.172 e. The molecule has 4 nitrogen and oxygen atoms in total. The van der Waals surface area contributed by atoms with Crippen molar-refractivity contribution in [3.05, 3.63) is 57.6 Å². The lowest BCUT2D eigenvalue weighted by Crippen LogP contribution is -1.87. The molecule has 0 spiro atoms. The molecule has 0 aliphatic carbocycles. The van der Waals surface area contributed by atoms with Crippen molar-refractivity contribution >= 4 is 27.6 Å². The molecule has 108 valence electrons. The number of phenolic OH excluding ortho intramolecular Hbond substituents is 1. The maximum Gasteiger partial charge on any atom is 0.172 e. The lowest BCUT2D eigenvalue weighted by molar-refractivity contribution is 0.372. The van der Waals surface area contributed by atoms with E-state index in [0.29, 0.717) is 32.5 Å². The predicted molar refractivity (Wildman–Crippen MR) is 87.0 cm³/mol. The zero-order valence-electron chi connectivity index (χ0n) is 11.7. The molecule has 0 unspecified atom stereocenters. The Labute approximate surface area is 136 Å². The third-order valence-electron chi connectivity index (χ3n) is 3.03. The predicted octanol–water partition coefficient (Wildman–Crippen LogP) is 4.10. The molecule has 0 amide bonds. The summed E-state index contributed by atoms with van der Waals surface area (Å²) in [6.45, 7) is 0. The number of ether oxygens (including phenoxy) is 1. The number of phenols is 1. The van der Waals surface area contributed by atoms with Gasteiger partial charge in [-0.15, -0.1) is 0 Å². The van der Waals surface area contributed by atoms with E-state index in [0.717, 1.165) is 0 Å². The van der Waals surface area contributed by atoms with Crippen LogP contribution in [0.15, 0.2) is 40.9 Å². The van der Waals surface area contributed by atoms with Gasteiger partial charge in [-0.3, -0.25) is 0 Å². The first-order valence-corrected chi connectivity index (χ1v) is 7.07. The van der Waals surface area contributed by atoms with Crippen molar-refractivity contribution in [2.24, 2.45) is 0 Å². The van der Waals surface area contributed by atoms with Crippen LogP contribution in [0.4, 0.5) is 0 Å². The van der Waals surface area contributed by atoms with Crippen LogP contribution in [0.5, 0.6) is 11.5 Å². The molecule has 0 heterocycles. The van der Waals surface area contributed by atoms with Crippen molar-refractivity contribution in [2.45, 2.75) is 0 Å². The fourth-order valence-electron chi connectivity index (χ4n) is 1.90. The van der Waals surface area contributed by atoms with E-state index in [9.17, 15) is 10.4 Å². The SMILES string of the molecule is COc1cc(/C=C(/C#N)c2ccc(C#N)cc2)cc(Br)c1O. The van der Waals surface area contributed by atoms with Gasteiger partial charge in [-0.25, -0.2) is 0 Å². The van der Waals surface area contributed by atoms with Crippen LogP contribution in [-0.2, 0) is 0 Å². The van der Waals surface area contributed by atoms with Gasteiger partial charge in [-0.1, -0.05) is 12.1 Å². The molecule has 5 heteroatoms. The normalized spacial score (nSPS) is 10.6. The summed E-state index contributed by atoms with van der Waals surface area (Å²) in [4.78, 5) is 0. The van der Waals surface area contributed by atoms with E-state index in [4.69, 9.17) is 10.00 Å². The second kappa shape index (κ2) is 6.80. The zero-order valence-corrected chi connectivity index (χ0v) is 13.3. The minimum atomic E-state index is 0.0107. The molecular formula is C17H11BrN2O2. The van der Waals surface area contributed by atoms with Crippen molar-refractivity contribution in [3.8, 4) is 23.6 Å². The Morgan fingerprint density at radius 1 is 1.23 bits per heavy atom. The van der Waals surface area contributed by atoms with Crippen LogP contribution in [0.3, 0.4) is 0 Å². The first kappa shape index (κ1) is 15.6. The second-order valence-corrected chi connectivity index (χ2v) is 5.27. The maximum absolute atomic E-state index is 9.80. The van der Waals surface area contributed by atoms with E-state index in [1.54, 1.807) is 42.5 Å². The number of hydrogen-bond donors (Lipinski definition) is 1. The Balaban J connectivity index is 2.47. The summed E-state index contributed by atoms with van der Waals surface area (Å²) < 4.78 is 5.57. The first-order valence-electron chi connectivity index (χ1n) is 6.28. The summed E-state index contributed by atoms with van der Waals surface area (Å²) in [6, 6.07) is 14.3. The molecule has 0 atom stereocenters. The Hall–Kier alpha value is -2.76. The fourth-order valence-corrected chi connectivity index (χ4v) is 2.36. The Kier molecular flexibility index (Phi) is 4.83. The highest BCUT2D eigenvalue weighted by atomic mass is 79.9. The molecular weight excluding hydrogens is 344 g/mol. The van der Waals surface area contributed by atoms with E-state index in [2.05, 4.69) is 22.0 Å². The maximum atomic E-state index is 9.80. The molecule has 22 heavy (non-hydrogen) atoms. The van der Waals surface area contributed by atoms with Crippen molar-refractivity contribution in [3.63, 3.8) is 0 Å². The summed E-state index contributed by atoms with van der Waals surface area (Å²) in [6.07, 6.45) is 1.69. The van der Waals surface area contributed by atoms with Gasteiger partial charge < -0.3 is 9.84 Å². The van der Waals surface area contributed by atoms with Gasteiger partial charge in [-0.2, -0.15) is 10.5 Å². The molecule has 2 rings (SSSR count). The third-order valence-corrected chi connectivity index (χ3v) is 3.63. The van der Waals surface area contributed by atoms with E-state index in [-0.39, 0.29) is 5.75 Å². The van der Waals surface area contributed by atoms with Gasteiger partial charge in [0.25, 0.3) is 0 Å². The van der Waals surface area contributed by atoms with Gasteiger partial charge in [0.15, 0.2) is 11.5 Å². The molecule has 0 bridgehead atoms. The largest absolute Gasteiger partial charge is 0.503 e. The number of aromatic hydroxyl groups is 1. The van der Waals surface area contributed by atoms with Crippen molar-refractivity contribution < 1.29 is 9.84 Å². The van der Waals surface area contributed by atoms with Crippen molar-refractivity contribution in [1.29, 1.82) is 10.5 Å². The van der Waals surface area contributed by atoms with Crippen LogP contribution in [-0.4, -0.2) is 12.2 Å². The minimum Gasteiger partial charge on any atom is -0.503 e. The van der Waals surface area contributed by atoms with E-state index < -0.39 is 0 Å². The third kappa shape index (κ3) is 3.28. The highest BCUT2D eigenvalue weighted by Crippen LogP contribution is 2.36. The number of rotatable bonds is 3. The van der Waals surface area contributed by atoms with Crippen molar-refractivity contribution in [1.82, 2.24) is 0 Å². The van der Waals surface area contributed by atoms with E-state index in [1.807, 2.05) is 6.07 Å². The number of nitriles is 2. The number of benzene rings is 2. The van der Waals surface area contributed by atoms with Gasteiger partial charge in [0, 0.05) is 0 Å². The van der Waals surface area contributed by atoms with Gasteiger partial charge >= 0.3 is 0 Å². The monoisotopic (exact) mass is 354 g/mol. The number of halogens is 1. The van der Waals surface area contributed by atoms with Crippen LogP contribution in [0, 0.1) is 22.7 Å². The molecule has 2 aromatic carbocycles. The Morgan fingerprint density at radius 2 is 1.91 bits per heavy atom. The quantitative estimate of drug-likeness (QED) is 0.664. The topological polar surface area (TPSA) is 77.0 Å². The van der Waals surface area contributed by atoms with Crippen LogP contribution in [0.1, 0.15) is 16.7 Å². The summed E-state index contributed by atoms with van der Waals surface area (Å²) >= 11 is 3.25.